The number of anilines is 1. The first-order chi connectivity index (χ1) is 16.3. The second-order valence-electron chi connectivity index (χ2n) is 8.30. The number of amides is 2. The zero-order valence-electron chi connectivity index (χ0n) is 18.1. The molecule has 5 rings (SSSR count). The van der Waals surface area contributed by atoms with Crippen LogP contribution < -0.4 is 5.32 Å². The third-order valence-corrected chi connectivity index (χ3v) is 6.16. The molecule has 34 heavy (non-hydrogen) atoms. The summed E-state index contributed by atoms with van der Waals surface area (Å²) in [6, 6.07) is 6.89. The Balaban J connectivity index is 1.27. The lowest BCUT2D eigenvalue weighted by Crippen LogP contribution is -2.31. The number of carbonyl (C=O) groups is 2. The molecule has 0 spiro atoms. The first-order valence-electron chi connectivity index (χ1n) is 10.7. The van der Waals surface area contributed by atoms with Crippen molar-refractivity contribution < 1.29 is 22.8 Å². The van der Waals surface area contributed by atoms with Gasteiger partial charge in [0, 0.05) is 59.9 Å². The number of nitrogens with zero attached hydrogens (tertiary/aromatic N) is 2. The highest BCUT2D eigenvalue weighted by Gasteiger charge is 2.32. The zero-order chi connectivity index (χ0) is 24.0. The number of carbonyl (C=O) groups excluding carboxylic acids is 2. The molecular weight excluding hydrogens is 447 g/mol. The number of fused-ring (bicyclic) bond motifs is 1. The molecule has 1 aliphatic heterocycles. The first kappa shape index (κ1) is 21.7. The largest absolute Gasteiger partial charge is 0.350 e. The van der Waals surface area contributed by atoms with Gasteiger partial charge in [-0.05, 0) is 37.1 Å². The molecule has 1 fully saturated rings. The standard InChI is InChI=1S/C24H20F3N5O2/c1-12-15-4-6-28-22(15)29-10-16(12)19-2-3-20(31-19)24(34)32-7-5-13(11-32)23(33)30-14-8-17(25)21(27)18(26)9-14/h2-4,6,8-10,13,31H,5,7,11H2,1H3,(H,28,29)(H,30,33)/t13-/m0/s1. The molecule has 174 valence electrons. The summed E-state index contributed by atoms with van der Waals surface area (Å²) < 4.78 is 39.9. The molecule has 1 saturated heterocycles. The molecule has 1 atom stereocenters. The molecule has 0 saturated carbocycles. The molecule has 4 heterocycles. The fraction of sp³-hybridized carbons (Fsp3) is 0.208. The summed E-state index contributed by atoms with van der Waals surface area (Å²) >= 11 is 0. The van der Waals surface area contributed by atoms with Crippen LogP contribution in [0.4, 0.5) is 18.9 Å². The average molecular weight is 467 g/mol. The Morgan fingerprint density at radius 1 is 1.15 bits per heavy atom. The summed E-state index contributed by atoms with van der Waals surface area (Å²) in [5, 5.41) is 3.39. The molecule has 10 heteroatoms. The summed E-state index contributed by atoms with van der Waals surface area (Å²) in [4.78, 5) is 37.7. The van der Waals surface area contributed by atoms with Crippen molar-refractivity contribution in [1.82, 2.24) is 19.9 Å². The van der Waals surface area contributed by atoms with Gasteiger partial charge in [-0.2, -0.15) is 0 Å². The normalized spacial score (nSPS) is 15.8. The minimum atomic E-state index is -1.60. The Bertz CT molecular complexity index is 1400. The van der Waals surface area contributed by atoms with E-state index in [1.807, 2.05) is 25.3 Å². The number of benzene rings is 1. The number of hydrogen-bond donors (Lipinski definition) is 3. The minimum absolute atomic E-state index is 0.154. The number of hydrogen-bond acceptors (Lipinski definition) is 3. The maximum atomic E-state index is 13.4. The number of aromatic amines is 2. The van der Waals surface area contributed by atoms with Crippen LogP contribution in [0.15, 0.2) is 42.7 Å². The van der Waals surface area contributed by atoms with Crippen molar-refractivity contribution >= 4 is 28.5 Å². The van der Waals surface area contributed by atoms with Crippen molar-refractivity contribution in [1.29, 1.82) is 0 Å². The van der Waals surface area contributed by atoms with E-state index in [9.17, 15) is 22.8 Å². The lowest BCUT2D eigenvalue weighted by molar-refractivity contribution is -0.119. The lowest BCUT2D eigenvalue weighted by Gasteiger charge is -2.16. The molecule has 0 radical (unpaired) electrons. The van der Waals surface area contributed by atoms with E-state index in [1.54, 1.807) is 17.2 Å². The summed E-state index contributed by atoms with van der Waals surface area (Å²) in [7, 11) is 0. The van der Waals surface area contributed by atoms with E-state index in [2.05, 4.69) is 20.3 Å². The number of rotatable bonds is 4. The molecule has 3 N–H and O–H groups in total. The van der Waals surface area contributed by atoms with Crippen molar-refractivity contribution in [3.05, 3.63) is 71.4 Å². The molecule has 0 aliphatic carbocycles. The van der Waals surface area contributed by atoms with Gasteiger partial charge >= 0.3 is 0 Å². The summed E-state index contributed by atoms with van der Waals surface area (Å²) in [5.41, 5.74) is 3.65. The number of nitrogens with one attached hydrogen (secondary N) is 3. The van der Waals surface area contributed by atoms with Gasteiger partial charge in [0.1, 0.15) is 11.3 Å². The highest BCUT2D eigenvalue weighted by Crippen LogP contribution is 2.28. The number of H-pyrrole nitrogens is 2. The van der Waals surface area contributed by atoms with E-state index in [-0.39, 0.29) is 18.1 Å². The predicted molar refractivity (Wildman–Crippen MR) is 120 cm³/mol. The molecule has 4 aromatic rings. The number of likely N-dealkylation sites (tertiary alicyclic amines) is 1. The molecule has 1 aliphatic rings. The van der Waals surface area contributed by atoms with Crippen molar-refractivity contribution in [3.8, 4) is 11.3 Å². The van der Waals surface area contributed by atoms with Crippen LogP contribution in [0.25, 0.3) is 22.3 Å². The Kier molecular flexibility index (Phi) is 5.35. The smallest absolute Gasteiger partial charge is 0.270 e. The monoisotopic (exact) mass is 467 g/mol. The summed E-state index contributed by atoms with van der Waals surface area (Å²) in [6.07, 6.45) is 3.96. The Hall–Kier alpha value is -4.08. The second kappa shape index (κ2) is 8.36. The number of pyridine rings is 1. The van der Waals surface area contributed by atoms with Crippen LogP contribution in [0.5, 0.6) is 0 Å². The Morgan fingerprint density at radius 3 is 2.68 bits per heavy atom. The van der Waals surface area contributed by atoms with Gasteiger partial charge in [0.25, 0.3) is 5.91 Å². The zero-order valence-corrected chi connectivity index (χ0v) is 18.1. The van der Waals surface area contributed by atoms with Crippen LogP contribution in [0, 0.1) is 30.3 Å². The molecular formula is C24H20F3N5O2. The van der Waals surface area contributed by atoms with Gasteiger partial charge in [-0.25, -0.2) is 18.2 Å². The maximum Gasteiger partial charge on any atom is 0.270 e. The van der Waals surface area contributed by atoms with Crippen LogP contribution in [0.1, 0.15) is 22.5 Å². The molecule has 0 bridgehead atoms. The minimum Gasteiger partial charge on any atom is -0.350 e. The van der Waals surface area contributed by atoms with Gasteiger partial charge in [-0.15, -0.1) is 0 Å². The summed E-state index contributed by atoms with van der Waals surface area (Å²) in [5.74, 6) is -5.68. The van der Waals surface area contributed by atoms with E-state index in [0.29, 0.717) is 18.7 Å². The molecule has 3 aromatic heterocycles. The maximum absolute atomic E-state index is 13.4. The second-order valence-corrected chi connectivity index (χ2v) is 8.30. The Morgan fingerprint density at radius 2 is 1.91 bits per heavy atom. The van der Waals surface area contributed by atoms with E-state index in [4.69, 9.17) is 0 Å². The van der Waals surface area contributed by atoms with Crippen molar-refractivity contribution in [2.45, 2.75) is 13.3 Å². The van der Waals surface area contributed by atoms with Crippen LogP contribution in [-0.2, 0) is 4.79 Å². The van der Waals surface area contributed by atoms with E-state index in [0.717, 1.165) is 40.0 Å². The van der Waals surface area contributed by atoms with E-state index < -0.39 is 29.3 Å². The number of aromatic nitrogens is 3. The fourth-order valence-corrected chi connectivity index (χ4v) is 4.29. The third kappa shape index (κ3) is 3.81. The average Bonchev–Trinajstić information content (AvgIpc) is 3.58. The molecule has 0 unspecified atom stereocenters. The van der Waals surface area contributed by atoms with Crippen molar-refractivity contribution in [3.63, 3.8) is 0 Å². The molecule has 1 aromatic carbocycles. The van der Waals surface area contributed by atoms with Crippen LogP contribution >= 0.6 is 0 Å². The molecule has 7 nitrogen and oxygen atoms in total. The van der Waals surface area contributed by atoms with E-state index in [1.165, 1.54) is 0 Å². The predicted octanol–water partition coefficient (Wildman–Crippen LogP) is 4.38. The highest BCUT2D eigenvalue weighted by atomic mass is 19.2. The van der Waals surface area contributed by atoms with Gasteiger partial charge in [0.15, 0.2) is 17.5 Å². The molecule has 2 amide bonds. The van der Waals surface area contributed by atoms with Gasteiger partial charge in [-0.1, -0.05) is 0 Å². The summed E-state index contributed by atoms with van der Waals surface area (Å²) in [6.45, 7) is 2.49. The SMILES string of the molecule is Cc1c(-c2ccc(C(=O)N3CC[C@H](C(=O)Nc4cc(F)c(F)c(F)c4)C3)[nH]2)cnc2[nH]ccc12. The van der Waals surface area contributed by atoms with Gasteiger partial charge in [-0.3, -0.25) is 9.59 Å². The van der Waals surface area contributed by atoms with Crippen LogP contribution in [0.2, 0.25) is 0 Å². The first-order valence-corrected chi connectivity index (χ1v) is 10.7. The third-order valence-electron chi connectivity index (χ3n) is 6.16. The lowest BCUT2D eigenvalue weighted by atomic mass is 10.1. The van der Waals surface area contributed by atoms with E-state index >= 15 is 0 Å². The van der Waals surface area contributed by atoms with Crippen LogP contribution in [0.3, 0.4) is 0 Å². The fourth-order valence-electron chi connectivity index (χ4n) is 4.29. The van der Waals surface area contributed by atoms with Gasteiger partial charge < -0.3 is 20.2 Å². The number of aryl methyl sites for hydroxylation is 1. The van der Waals surface area contributed by atoms with Crippen molar-refractivity contribution in [2.24, 2.45) is 5.92 Å². The van der Waals surface area contributed by atoms with Gasteiger partial charge in [0.05, 0.1) is 5.92 Å². The number of halogens is 3. The van der Waals surface area contributed by atoms with Crippen LogP contribution in [-0.4, -0.2) is 44.8 Å². The highest BCUT2D eigenvalue weighted by molar-refractivity contribution is 5.96. The van der Waals surface area contributed by atoms with Gasteiger partial charge in [0.2, 0.25) is 5.91 Å². The quantitative estimate of drug-likeness (QED) is 0.389. The topological polar surface area (TPSA) is 93.9 Å². The van der Waals surface area contributed by atoms with Crippen molar-refractivity contribution in [2.75, 3.05) is 18.4 Å². The Labute approximate surface area is 192 Å².